The lowest BCUT2D eigenvalue weighted by atomic mass is 10.3. The second kappa shape index (κ2) is 5.69. The number of halogens is 1. The van der Waals surface area contributed by atoms with Crippen molar-refractivity contribution in [2.45, 2.75) is 36.2 Å². The molecule has 7 nitrogen and oxygen atoms in total. The molecule has 1 saturated heterocycles. The van der Waals surface area contributed by atoms with Gasteiger partial charge in [0.15, 0.2) is 5.82 Å². The number of nitrogens with one attached hydrogen (secondary N) is 2. The van der Waals surface area contributed by atoms with Crippen molar-refractivity contribution in [1.82, 2.24) is 14.6 Å². The normalized spacial score (nSPS) is 23.4. The third-order valence-corrected chi connectivity index (χ3v) is 5.64. The van der Waals surface area contributed by atoms with Gasteiger partial charge in [-0.15, -0.1) is 0 Å². The van der Waals surface area contributed by atoms with Crippen LogP contribution in [0, 0.1) is 0 Å². The maximum absolute atomic E-state index is 12.4. The minimum Gasteiger partial charge on any atom is -0.307 e. The molecule has 3 rings (SSSR count). The quantitative estimate of drug-likeness (QED) is 0.538. The van der Waals surface area contributed by atoms with Crippen LogP contribution in [0.25, 0.3) is 0 Å². The Labute approximate surface area is 128 Å². The first-order chi connectivity index (χ1) is 9.99. The Morgan fingerprint density at radius 1 is 1.38 bits per heavy atom. The lowest BCUT2D eigenvalue weighted by Crippen LogP contribution is -2.37. The van der Waals surface area contributed by atoms with Gasteiger partial charge >= 0.3 is 0 Å². The molecular weight excluding hydrogens is 314 g/mol. The van der Waals surface area contributed by atoms with Gasteiger partial charge < -0.3 is 5.43 Å². The van der Waals surface area contributed by atoms with Crippen molar-refractivity contribution in [1.29, 1.82) is 0 Å². The average molecular weight is 332 g/mol. The van der Waals surface area contributed by atoms with Crippen molar-refractivity contribution in [3.05, 3.63) is 17.3 Å². The number of hydrogen-bond acceptors (Lipinski definition) is 6. The predicted octanol–water partition coefficient (Wildman–Crippen LogP) is 0.536. The summed E-state index contributed by atoms with van der Waals surface area (Å²) < 4.78 is 27.4. The van der Waals surface area contributed by atoms with Gasteiger partial charge in [-0.3, -0.25) is 4.90 Å². The molecule has 0 bridgehead atoms. The molecule has 1 aliphatic heterocycles. The SMILES string of the molecule is NNc1ncc(S(=O)(=O)NC2CCN(C3CC3)C2)cc1Cl. The van der Waals surface area contributed by atoms with Crippen LogP contribution < -0.4 is 16.0 Å². The number of nitrogens with zero attached hydrogens (tertiary/aromatic N) is 2. The second-order valence-electron chi connectivity index (χ2n) is 5.48. The first-order valence-corrected chi connectivity index (χ1v) is 8.74. The molecule has 0 radical (unpaired) electrons. The maximum atomic E-state index is 12.4. The summed E-state index contributed by atoms with van der Waals surface area (Å²) in [4.78, 5) is 6.29. The zero-order valence-electron chi connectivity index (χ0n) is 11.4. The largest absolute Gasteiger partial charge is 0.307 e. The Morgan fingerprint density at radius 2 is 2.14 bits per heavy atom. The standard InChI is InChI=1S/C12H18ClN5O2S/c13-11-5-10(6-15-12(11)16-14)21(19,20)17-8-3-4-18(7-8)9-1-2-9/h5-6,8-9,17H,1-4,7,14H2,(H,15,16). The van der Waals surface area contributed by atoms with Gasteiger partial charge in [0.05, 0.1) is 5.02 Å². The van der Waals surface area contributed by atoms with E-state index in [2.05, 4.69) is 20.0 Å². The van der Waals surface area contributed by atoms with Crippen LogP contribution in [0.15, 0.2) is 17.2 Å². The van der Waals surface area contributed by atoms with Gasteiger partial charge in [0.2, 0.25) is 10.0 Å². The highest BCUT2D eigenvalue weighted by atomic mass is 35.5. The van der Waals surface area contributed by atoms with Gasteiger partial charge in [0.25, 0.3) is 0 Å². The number of pyridine rings is 1. The molecule has 1 aromatic rings. The van der Waals surface area contributed by atoms with E-state index in [-0.39, 0.29) is 21.8 Å². The van der Waals surface area contributed by atoms with E-state index in [0.29, 0.717) is 6.04 Å². The highest BCUT2D eigenvalue weighted by molar-refractivity contribution is 7.89. The van der Waals surface area contributed by atoms with Crippen LogP contribution in [-0.4, -0.2) is 43.5 Å². The van der Waals surface area contributed by atoms with Crippen LogP contribution in [0.5, 0.6) is 0 Å². The van der Waals surface area contributed by atoms with Crippen LogP contribution in [0.4, 0.5) is 5.82 Å². The van der Waals surface area contributed by atoms with Gasteiger partial charge in [-0.1, -0.05) is 11.6 Å². The summed E-state index contributed by atoms with van der Waals surface area (Å²) in [6.45, 7) is 1.72. The Morgan fingerprint density at radius 3 is 2.76 bits per heavy atom. The zero-order chi connectivity index (χ0) is 15.0. The summed E-state index contributed by atoms with van der Waals surface area (Å²) in [5, 5.41) is 0.173. The molecule has 1 aliphatic carbocycles. The average Bonchev–Trinajstić information content (AvgIpc) is 3.19. The number of rotatable bonds is 5. The monoisotopic (exact) mass is 331 g/mol. The van der Waals surface area contributed by atoms with E-state index in [1.165, 1.54) is 25.1 Å². The highest BCUT2D eigenvalue weighted by Crippen LogP contribution is 2.30. The molecule has 21 heavy (non-hydrogen) atoms. The van der Waals surface area contributed by atoms with E-state index in [9.17, 15) is 8.42 Å². The topological polar surface area (TPSA) is 100 Å². The minimum atomic E-state index is -3.61. The number of aromatic nitrogens is 1. The Hall–Kier alpha value is -0.930. The number of nitrogens with two attached hydrogens (primary N) is 1. The van der Waals surface area contributed by atoms with Crippen LogP contribution in [0.2, 0.25) is 5.02 Å². The number of hydrazine groups is 1. The minimum absolute atomic E-state index is 0.0522. The van der Waals surface area contributed by atoms with Gasteiger partial charge in [-0.25, -0.2) is 24.0 Å². The highest BCUT2D eigenvalue weighted by Gasteiger charge is 2.35. The van der Waals surface area contributed by atoms with E-state index in [1.807, 2.05) is 0 Å². The zero-order valence-corrected chi connectivity index (χ0v) is 13.0. The maximum Gasteiger partial charge on any atom is 0.242 e. The fraction of sp³-hybridized carbons (Fsp3) is 0.583. The smallest absolute Gasteiger partial charge is 0.242 e. The van der Waals surface area contributed by atoms with E-state index in [4.69, 9.17) is 17.4 Å². The molecule has 1 atom stereocenters. The van der Waals surface area contributed by atoms with E-state index < -0.39 is 10.0 Å². The van der Waals surface area contributed by atoms with Crippen LogP contribution in [0.3, 0.4) is 0 Å². The molecule has 1 saturated carbocycles. The summed E-state index contributed by atoms with van der Waals surface area (Å²) in [6.07, 6.45) is 4.54. The Kier molecular flexibility index (Phi) is 4.06. The third-order valence-electron chi connectivity index (χ3n) is 3.87. The van der Waals surface area contributed by atoms with Gasteiger partial charge in [-0.2, -0.15) is 0 Å². The van der Waals surface area contributed by atoms with Crippen molar-refractivity contribution < 1.29 is 8.42 Å². The molecule has 4 N–H and O–H groups in total. The van der Waals surface area contributed by atoms with Gasteiger partial charge in [-0.05, 0) is 25.3 Å². The first-order valence-electron chi connectivity index (χ1n) is 6.88. The molecule has 116 valence electrons. The van der Waals surface area contributed by atoms with Crippen LogP contribution in [0.1, 0.15) is 19.3 Å². The van der Waals surface area contributed by atoms with Crippen molar-refractivity contribution in [3.8, 4) is 0 Å². The molecule has 0 aromatic carbocycles. The number of nitrogen functional groups attached to an aromatic ring is 1. The molecule has 9 heteroatoms. The number of likely N-dealkylation sites (tertiary alicyclic amines) is 1. The summed E-state index contributed by atoms with van der Waals surface area (Å²) >= 11 is 5.92. The van der Waals surface area contributed by atoms with Gasteiger partial charge in [0, 0.05) is 31.4 Å². The molecule has 1 aromatic heterocycles. The van der Waals surface area contributed by atoms with Crippen LogP contribution >= 0.6 is 11.6 Å². The van der Waals surface area contributed by atoms with Crippen LogP contribution in [-0.2, 0) is 10.0 Å². The molecule has 2 fully saturated rings. The number of hydrogen-bond donors (Lipinski definition) is 3. The lowest BCUT2D eigenvalue weighted by Gasteiger charge is -2.16. The molecule has 0 spiro atoms. The summed E-state index contributed by atoms with van der Waals surface area (Å²) in [5.74, 6) is 5.47. The van der Waals surface area contributed by atoms with Crippen molar-refractivity contribution in [2.75, 3.05) is 18.5 Å². The van der Waals surface area contributed by atoms with Crippen molar-refractivity contribution in [2.24, 2.45) is 5.84 Å². The van der Waals surface area contributed by atoms with Crippen molar-refractivity contribution >= 4 is 27.4 Å². The third kappa shape index (κ3) is 3.29. The predicted molar refractivity (Wildman–Crippen MR) is 80.4 cm³/mol. The van der Waals surface area contributed by atoms with Gasteiger partial charge in [0.1, 0.15) is 4.90 Å². The lowest BCUT2D eigenvalue weighted by molar-refractivity contribution is 0.322. The summed E-state index contributed by atoms with van der Waals surface area (Å²) in [5.41, 5.74) is 2.31. The number of anilines is 1. The fourth-order valence-electron chi connectivity index (χ4n) is 2.62. The number of sulfonamides is 1. The molecule has 1 unspecified atom stereocenters. The molecule has 2 heterocycles. The molecule has 0 amide bonds. The molecular formula is C12H18ClN5O2S. The summed E-state index contributed by atoms with van der Waals surface area (Å²) in [7, 11) is -3.61. The Balaban J connectivity index is 1.70. The van der Waals surface area contributed by atoms with E-state index >= 15 is 0 Å². The second-order valence-corrected chi connectivity index (χ2v) is 7.60. The van der Waals surface area contributed by atoms with E-state index in [1.54, 1.807) is 0 Å². The Bertz CT molecular complexity index is 635. The fourth-order valence-corrected chi connectivity index (χ4v) is 4.13. The van der Waals surface area contributed by atoms with Crippen molar-refractivity contribution in [3.63, 3.8) is 0 Å². The summed E-state index contributed by atoms with van der Waals surface area (Å²) in [6, 6.07) is 1.95. The first kappa shape index (κ1) is 15.0. The molecule has 2 aliphatic rings. The van der Waals surface area contributed by atoms with E-state index in [0.717, 1.165) is 19.5 Å².